The number of hydrogen-bond donors (Lipinski definition) is 0. The summed E-state index contributed by atoms with van der Waals surface area (Å²) in [7, 11) is 0.379. The molecule has 4 heterocycles. The van der Waals surface area contributed by atoms with E-state index in [2.05, 4.69) is 57.9 Å². The Labute approximate surface area is 400 Å². The van der Waals surface area contributed by atoms with Crippen LogP contribution in [0.2, 0.25) is 16.6 Å². The molecule has 0 spiro atoms. The van der Waals surface area contributed by atoms with Crippen molar-refractivity contribution in [1.29, 1.82) is 0 Å². The average Bonchev–Trinajstić information content (AvgIpc) is 3.99. The van der Waals surface area contributed by atoms with Crippen molar-refractivity contribution in [1.82, 2.24) is 19.8 Å². The quantitative estimate of drug-likeness (QED) is 0.0685. The number of methoxy groups -OCH3 is 2. The number of piperazine rings is 1. The molecule has 2 atom stereocenters. The Kier molecular flexibility index (Phi) is 14.2. The molecule has 8 rings (SSSR count). The van der Waals surface area contributed by atoms with Gasteiger partial charge in [0.1, 0.15) is 36.6 Å². The van der Waals surface area contributed by atoms with Crippen LogP contribution in [-0.4, -0.2) is 125 Å². The van der Waals surface area contributed by atoms with E-state index in [1.54, 1.807) is 17.0 Å². The highest BCUT2D eigenvalue weighted by molar-refractivity contribution is 6.90. The lowest BCUT2D eigenvalue weighted by molar-refractivity contribution is 0.0122. The Morgan fingerprint density at radius 2 is 1.57 bits per heavy atom. The van der Waals surface area contributed by atoms with E-state index in [-0.39, 0.29) is 91.7 Å². The smallest absolute Gasteiger partial charge is 0.410 e. The first kappa shape index (κ1) is 49.6. The minimum absolute atomic E-state index is 0.00704. The summed E-state index contributed by atoms with van der Waals surface area (Å²) >= 11 is 0. The molecule has 1 aromatic heterocycles. The molecule has 0 N–H and O–H groups in total. The second kappa shape index (κ2) is 19.5. The first-order valence-electron chi connectivity index (χ1n) is 24.2. The normalized spacial score (nSPS) is 19.5. The van der Waals surface area contributed by atoms with Gasteiger partial charge in [-0.2, -0.15) is 9.97 Å². The third-order valence-corrected chi connectivity index (χ3v) is 20.9. The number of aromatic nitrogens is 2. The summed E-state index contributed by atoms with van der Waals surface area (Å²) in [6, 6.07) is 5.51. The lowest BCUT2D eigenvalue weighted by atomic mass is 9.92. The number of carbonyl (C=O) groups is 1. The molecule has 368 valence electrons. The summed E-state index contributed by atoms with van der Waals surface area (Å²) in [5.41, 5.74) is 2.86. The summed E-state index contributed by atoms with van der Waals surface area (Å²) in [5, 5.41) is 0.700. The number of anilines is 1. The third kappa shape index (κ3) is 9.57. The number of ether oxygens (including phenoxy) is 6. The van der Waals surface area contributed by atoms with Gasteiger partial charge in [-0.3, -0.25) is 9.80 Å². The fourth-order valence-electron chi connectivity index (χ4n) is 11.2. The predicted molar refractivity (Wildman–Crippen MR) is 261 cm³/mol. The molecule has 1 saturated carbocycles. The molecule has 0 radical (unpaired) electrons. The van der Waals surface area contributed by atoms with Crippen LogP contribution in [0.25, 0.3) is 32.8 Å². The van der Waals surface area contributed by atoms with E-state index in [4.69, 9.17) is 38.4 Å². The van der Waals surface area contributed by atoms with Crippen LogP contribution >= 0.6 is 0 Å². The van der Waals surface area contributed by atoms with Crippen molar-refractivity contribution < 1.29 is 46.4 Å². The fraction of sp³-hybridized carbons (Fsp3) is 0.596. The molecule has 12 nitrogen and oxygen atoms in total. The van der Waals surface area contributed by atoms with Crippen LogP contribution in [0.5, 0.6) is 17.5 Å². The summed E-state index contributed by atoms with van der Waals surface area (Å²) in [6.45, 7) is 23.1. The first-order valence-corrected chi connectivity index (χ1v) is 26.4. The van der Waals surface area contributed by atoms with Gasteiger partial charge in [0.25, 0.3) is 0 Å². The van der Waals surface area contributed by atoms with Crippen LogP contribution < -0.4 is 19.1 Å². The zero-order valence-corrected chi connectivity index (χ0v) is 42.6. The molecule has 16 heteroatoms. The maximum atomic E-state index is 18.2. The lowest BCUT2D eigenvalue weighted by Gasteiger charge is -2.42. The van der Waals surface area contributed by atoms with Crippen LogP contribution in [0.4, 0.5) is 23.8 Å². The van der Waals surface area contributed by atoms with Gasteiger partial charge in [0, 0.05) is 56.2 Å². The van der Waals surface area contributed by atoms with Crippen LogP contribution in [0.15, 0.2) is 24.3 Å². The second-order valence-corrected chi connectivity index (χ2v) is 26.7. The SMILES string of the molecule is COCOc1cc(-c2c(F)c(OC)c3c(N4CC5CCC(C4)N5C(=O)OC(C)(C)C)nc(OCC4(CN5CCOCC5)CC4)nc3c2F)c2c(C#C[Si](C(C)C)(C(C)C)C(C)C)c(F)ccc2c1. The predicted octanol–water partition coefficient (Wildman–Crippen LogP) is 10.5. The Morgan fingerprint density at radius 3 is 2.16 bits per heavy atom. The molecule has 3 aromatic carbocycles. The number of morpholine rings is 1. The van der Waals surface area contributed by atoms with Crippen molar-refractivity contribution in [3.05, 3.63) is 47.3 Å². The zero-order chi connectivity index (χ0) is 48.9. The number of nitrogens with zero attached hydrogens (tertiary/aromatic N) is 5. The van der Waals surface area contributed by atoms with E-state index in [0.29, 0.717) is 51.1 Å². The maximum Gasteiger partial charge on any atom is 0.410 e. The second-order valence-electron chi connectivity index (χ2n) is 21.1. The van der Waals surface area contributed by atoms with Crippen LogP contribution in [0.3, 0.4) is 0 Å². The van der Waals surface area contributed by atoms with Crippen molar-refractivity contribution in [3.63, 3.8) is 0 Å². The van der Waals surface area contributed by atoms with E-state index in [1.165, 1.54) is 26.4 Å². The standard InChI is InChI=1S/C52H68F3N5O7Si/c1-31(2)68(32(3)4,33(5)6)23-16-38-40(53)15-12-34-24-37(66-30-62-10)25-39(41(34)38)42-44(54)46-43(47(63-11)45(42)55)48(59-26-35-13-14-36(27-59)60(35)50(61)67-51(7,8)9)57-49(56-46)65-29-52(17-18-52)28-58-19-21-64-22-20-58/h12,15,24-25,31-33,35-36H,13-14,17-22,26-30H2,1-11H3. The van der Waals surface area contributed by atoms with Gasteiger partial charge in [-0.15, -0.1) is 5.54 Å². The zero-order valence-electron chi connectivity index (χ0n) is 41.6. The van der Waals surface area contributed by atoms with Gasteiger partial charge in [-0.05, 0) is 86.7 Å². The molecule has 3 saturated heterocycles. The van der Waals surface area contributed by atoms with Gasteiger partial charge in [-0.25, -0.2) is 18.0 Å². The van der Waals surface area contributed by atoms with Crippen LogP contribution in [0.1, 0.15) is 93.6 Å². The monoisotopic (exact) mass is 959 g/mol. The molecule has 3 aliphatic heterocycles. The number of fused-ring (bicyclic) bond motifs is 4. The minimum Gasteiger partial charge on any atom is -0.493 e. The first-order chi connectivity index (χ1) is 32.3. The Morgan fingerprint density at radius 1 is 0.912 bits per heavy atom. The lowest BCUT2D eigenvalue weighted by Crippen LogP contribution is -2.57. The molecule has 1 aliphatic carbocycles. The number of carbonyl (C=O) groups excluding carboxylic acids is 1. The van der Waals surface area contributed by atoms with E-state index in [9.17, 15) is 4.79 Å². The number of halogens is 3. The van der Waals surface area contributed by atoms with Crippen molar-refractivity contribution in [2.45, 2.75) is 122 Å². The highest BCUT2D eigenvalue weighted by Crippen LogP contribution is 2.50. The number of rotatable bonds is 14. The van der Waals surface area contributed by atoms with Gasteiger partial charge in [-0.1, -0.05) is 53.5 Å². The molecular formula is C52H68F3N5O7Si. The third-order valence-electron chi connectivity index (χ3n) is 14.6. The summed E-state index contributed by atoms with van der Waals surface area (Å²) in [5.74, 6) is 0.794. The largest absolute Gasteiger partial charge is 0.493 e. The number of hydrogen-bond acceptors (Lipinski definition) is 11. The van der Waals surface area contributed by atoms with Gasteiger partial charge < -0.3 is 33.3 Å². The Balaban J connectivity index is 1.33. The van der Waals surface area contributed by atoms with Crippen LogP contribution in [-0.2, 0) is 14.2 Å². The molecule has 1 amide bonds. The summed E-state index contributed by atoms with van der Waals surface area (Å²) in [6.07, 6.45) is 2.93. The van der Waals surface area contributed by atoms with Crippen molar-refractivity contribution >= 4 is 41.7 Å². The van der Waals surface area contributed by atoms with E-state index >= 15 is 13.2 Å². The van der Waals surface area contributed by atoms with Gasteiger partial charge in [0.05, 0.1) is 55.5 Å². The molecule has 4 aliphatic rings. The molecular weight excluding hydrogens is 892 g/mol. The van der Waals surface area contributed by atoms with Crippen molar-refractivity contribution in [2.24, 2.45) is 5.41 Å². The summed E-state index contributed by atoms with van der Waals surface area (Å²) in [4.78, 5) is 29.4. The van der Waals surface area contributed by atoms with Crippen LogP contribution in [0, 0.1) is 34.3 Å². The van der Waals surface area contributed by atoms with E-state index in [0.717, 1.165) is 32.5 Å². The molecule has 4 aromatic rings. The highest BCUT2D eigenvalue weighted by atomic mass is 28.3. The minimum atomic E-state index is -2.41. The van der Waals surface area contributed by atoms with Gasteiger partial charge in [0.15, 0.2) is 24.2 Å². The maximum absolute atomic E-state index is 18.2. The molecule has 2 bridgehead atoms. The highest BCUT2D eigenvalue weighted by Gasteiger charge is 2.47. The van der Waals surface area contributed by atoms with E-state index < -0.39 is 42.8 Å². The van der Waals surface area contributed by atoms with Crippen molar-refractivity contribution in [2.75, 3.05) is 78.5 Å². The summed E-state index contributed by atoms with van der Waals surface area (Å²) < 4.78 is 87.7. The van der Waals surface area contributed by atoms with Gasteiger partial charge >= 0.3 is 12.1 Å². The molecule has 4 fully saturated rings. The average molecular weight is 960 g/mol. The van der Waals surface area contributed by atoms with E-state index in [1.807, 2.05) is 25.7 Å². The topological polar surface area (TPSA) is 108 Å². The van der Waals surface area contributed by atoms with Gasteiger partial charge in [0.2, 0.25) is 0 Å². The van der Waals surface area contributed by atoms with Crippen molar-refractivity contribution in [3.8, 4) is 40.1 Å². The fourth-order valence-corrected chi connectivity index (χ4v) is 16.4. The molecule has 68 heavy (non-hydrogen) atoms. The number of benzene rings is 3. The Hall–Kier alpha value is -4.82. The number of amides is 1. The Bertz CT molecular complexity index is 2570. The molecule has 2 unspecified atom stereocenters.